The lowest BCUT2D eigenvalue weighted by atomic mass is 9.88. The molecule has 1 atom stereocenters. The molecule has 3 rings (SSSR count). The van der Waals surface area contributed by atoms with Gasteiger partial charge >= 0.3 is 13.8 Å². The number of fused-ring (bicyclic) bond motifs is 1. The lowest BCUT2D eigenvalue weighted by molar-refractivity contribution is -0.143. The van der Waals surface area contributed by atoms with Crippen LogP contribution in [0.15, 0.2) is 42.5 Å². The number of phosphoric ester groups is 1. The van der Waals surface area contributed by atoms with Crippen molar-refractivity contribution < 1.29 is 33.1 Å². The number of nitrogens with one attached hydrogen (secondary N) is 1. The van der Waals surface area contributed by atoms with E-state index in [1.807, 2.05) is 0 Å². The van der Waals surface area contributed by atoms with Gasteiger partial charge in [-0.2, -0.15) is 5.26 Å². The fourth-order valence-corrected chi connectivity index (χ4v) is 5.42. The van der Waals surface area contributed by atoms with Gasteiger partial charge in [0.15, 0.2) is 0 Å². The highest BCUT2D eigenvalue weighted by Gasteiger charge is 2.30. The molecule has 9 nitrogen and oxygen atoms in total. The van der Waals surface area contributed by atoms with Gasteiger partial charge in [0, 0.05) is 18.5 Å². The number of benzene rings is 2. The molecule has 1 aliphatic rings. The number of esters is 1. The van der Waals surface area contributed by atoms with Gasteiger partial charge in [0.05, 0.1) is 12.2 Å². The Labute approximate surface area is 224 Å². The first-order valence-corrected chi connectivity index (χ1v) is 14.4. The molecule has 0 aliphatic heterocycles. The summed E-state index contributed by atoms with van der Waals surface area (Å²) < 4.78 is 27.5. The number of nitrogens with zero attached hydrogens (tertiary/aromatic N) is 1. The minimum Gasteiger partial charge on any atom is -0.489 e. The fourth-order valence-electron chi connectivity index (χ4n) is 4.90. The second-order valence-electron chi connectivity index (χ2n) is 10.3. The van der Waals surface area contributed by atoms with Crippen LogP contribution in [0.3, 0.4) is 0 Å². The van der Waals surface area contributed by atoms with Crippen LogP contribution in [-0.4, -0.2) is 47.2 Å². The fraction of sp³-hybridized carbons (Fsp3) is 0.500. The zero-order chi connectivity index (χ0) is 27.8. The quantitative estimate of drug-likeness (QED) is 0.237. The zero-order valence-corrected chi connectivity index (χ0v) is 23.1. The Morgan fingerprint density at radius 3 is 2.50 bits per heavy atom. The molecule has 1 aliphatic carbocycles. The van der Waals surface area contributed by atoms with E-state index in [1.54, 1.807) is 25.1 Å². The maximum atomic E-state index is 11.7. The largest absolute Gasteiger partial charge is 0.489 e. The summed E-state index contributed by atoms with van der Waals surface area (Å²) in [6.07, 6.45) is 2.53. The summed E-state index contributed by atoms with van der Waals surface area (Å²) in [5, 5.41) is 12.9. The highest BCUT2D eigenvalue weighted by Crippen LogP contribution is 2.38. The van der Waals surface area contributed by atoms with Crippen molar-refractivity contribution >= 4 is 13.8 Å². The highest BCUT2D eigenvalue weighted by molar-refractivity contribution is 7.46. The second-order valence-corrected chi connectivity index (χ2v) is 11.5. The molecule has 0 amide bonds. The topological polar surface area (TPSA) is 138 Å². The third-order valence-corrected chi connectivity index (χ3v) is 7.12. The van der Waals surface area contributed by atoms with Crippen molar-refractivity contribution in [3.8, 4) is 11.8 Å². The van der Waals surface area contributed by atoms with Gasteiger partial charge in [-0.15, -0.1) is 0 Å². The molecular weight excluding hydrogens is 507 g/mol. The minimum atomic E-state index is -4.79. The number of hydrogen-bond acceptors (Lipinski definition) is 7. The first-order valence-electron chi connectivity index (χ1n) is 12.8. The van der Waals surface area contributed by atoms with E-state index in [9.17, 15) is 24.4 Å². The number of phosphoric acid groups is 1. The molecule has 0 saturated heterocycles. The Balaban J connectivity index is 1.61. The number of carbonyl (C=O) groups excluding carboxylic acids is 1. The van der Waals surface area contributed by atoms with E-state index in [4.69, 9.17) is 14.0 Å². The van der Waals surface area contributed by atoms with Crippen molar-refractivity contribution in [2.24, 2.45) is 5.92 Å². The van der Waals surface area contributed by atoms with Crippen molar-refractivity contribution in [3.05, 3.63) is 64.7 Å². The van der Waals surface area contributed by atoms with E-state index < -0.39 is 13.9 Å². The molecule has 206 valence electrons. The molecule has 0 saturated carbocycles. The van der Waals surface area contributed by atoms with Crippen molar-refractivity contribution in [1.82, 2.24) is 5.32 Å². The average molecular weight is 545 g/mol. The average Bonchev–Trinajstić information content (AvgIpc) is 3.25. The van der Waals surface area contributed by atoms with E-state index in [0.717, 1.165) is 24.8 Å². The van der Waals surface area contributed by atoms with Gasteiger partial charge in [-0.05, 0) is 81.2 Å². The standard InChI is InChI=1S/C28H37N2O7P/c1-4-35-27(31)12-10-20-9-11-24(17-29)26(15-20)36-19-25(37-38(32,33)34)18-30-28(2,3)16-21-13-22-7-5-6-8-23(22)14-21/h5-9,11,15,21,25,30H,4,10,12-14,16,18-19H2,1-3H3,(H2,32,33,34). The van der Waals surface area contributed by atoms with Crippen molar-refractivity contribution in [2.45, 2.75) is 64.5 Å². The molecule has 38 heavy (non-hydrogen) atoms. The van der Waals surface area contributed by atoms with E-state index in [-0.39, 0.29) is 42.4 Å². The van der Waals surface area contributed by atoms with Gasteiger partial charge in [0.1, 0.15) is 24.5 Å². The number of carbonyl (C=O) groups is 1. The second kappa shape index (κ2) is 13.4. The molecule has 1 unspecified atom stereocenters. The number of rotatable bonds is 14. The summed E-state index contributed by atoms with van der Waals surface area (Å²) in [7, 11) is -4.79. The smallest absolute Gasteiger partial charge is 0.470 e. The van der Waals surface area contributed by atoms with Crippen LogP contribution in [0.5, 0.6) is 5.75 Å². The molecular formula is C28H37N2O7P. The minimum absolute atomic E-state index is 0.141. The van der Waals surface area contributed by atoms with Crippen molar-refractivity contribution in [3.63, 3.8) is 0 Å². The molecule has 2 aromatic rings. The van der Waals surface area contributed by atoms with E-state index in [2.05, 4.69) is 49.5 Å². The van der Waals surface area contributed by atoms with Crippen LogP contribution in [0, 0.1) is 17.2 Å². The molecule has 3 N–H and O–H groups in total. The molecule has 2 aromatic carbocycles. The Morgan fingerprint density at radius 1 is 1.21 bits per heavy atom. The summed E-state index contributed by atoms with van der Waals surface area (Å²) in [4.78, 5) is 30.6. The van der Waals surface area contributed by atoms with E-state index in [0.29, 0.717) is 18.9 Å². The van der Waals surface area contributed by atoms with Gasteiger partial charge in [-0.3, -0.25) is 9.32 Å². The van der Waals surface area contributed by atoms with Crippen LogP contribution in [-0.2, 0) is 37.9 Å². The lowest BCUT2D eigenvalue weighted by Crippen LogP contribution is -2.46. The predicted molar refractivity (Wildman–Crippen MR) is 143 cm³/mol. The van der Waals surface area contributed by atoms with Crippen LogP contribution < -0.4 is 10.1 Å². The van der Waals surface area contributed by atoms with E-state index >= 15 is 0 Å². The number of ether oxygens (including phenoxy) is 2. The maximum Gasteiger partial charge on any atom is 0.470 e. The van der Waals surface area contributed by atoms with Gasteiger partial charge in [0.25, 0.3) is 0 Å². The number of aryl methyl sites for hydroxylation is 1. The van der Waals surface area contributed by atoms with Gasteiger partial charge in [-0.25, -0.2) is 4.57 Å². The van der Waals surface area contributed by atoms with Gasteiger partial charge in [-0.1, -0.05) is 30.3 Å². The molecule has 0 heterocycles. The molecule has 10 heteroatoms. The Morgan fingerprint density at radius 2 is 1.89 bits per heavy atom. The van der Waals surface area contributed by atoms with E-state index in [1.165, 1.54) is 11.1 Å². The lowest BCUT2D eigenvalue weighted by Gasteiger charge is -2.31. The van der Waals surface area contributed by atoms with Crippen LogP contribution in [0.4, 0.5) is 0 Å². The first kappa shape index (κ1) is 29.8. The van der Waals surface area contributed by atoms with Crippen molar-refractivity contribution in [2.75, 3.05) is 19.8 Å². The normalized spacial score (nSPS) is 14.5. The van der Waals surface area contributed by atoms with Crippen LogP contribution in [0.2, 0.25) is 0 Å². The predicted octanol–water partition coefficient (Wildman–Crippen LogP) is 4.08. The molecule has 0 fully saturated rings. The Hall–Kier alpha value is -2.73. The molecule has 0 spiro atoms. The number of hydrogen-bond donors (Lipinski definition) is 3. The molecule has 0 aromatic heterocycles. The summed E-state index contributed by atoms with van der Waals surface area (Å²) in [5.74, 6) is 0.420. The monoisotopic (exact) mass is 544 g/mol. The third kappa shape index (κ3) is 9.54. The van der Waals surface area contributed by atoms with Crippen LogP contribution >= 0.6 is 7.82 Å². The van der Waals surface area contributed by atoms with Crippen molar-refractivity contribution in [1.29, 1.82) is 5.26 Å². The Kier molecular flexibility index (Phi) is 10.5. The van der Waals surface area contributed by atoms with Crippen LogP contribution in [0.1, 0.15) is 55.9 Å². The SMILES string of the molecule is CCOC(=O)CCc1ccc(C#N)c(OCC(CNC(C)(C)CC2Cc3ccccc3C2)OP(=O)(O)O)c1. The summed E-state index contributed by atoms with van der Waals surface area (Å²) in [5.41, 5.74) is 3.49. The summed E-state index contributed by atoms with van der Waals surface area (Å²) in [6.45, 7) is 6.13. The third-order valence-electron chi connectivity index (χ3n) is 6.54. The molecule has 0 radical (unpaired) electrons. The zero-order valence-electron chi connectivity index (χ0n) is 22.2. The number of nitriles is 1. The highest BCUT2D eigenvalue weighted by atomic mass is 31.2. The van der Waals surface area contributed by atoms with Crippen LogP contribution in [0.25, 0.3) is 0 Å². The van der Waals surface area contributed by atoms with Gasteiger partial charge < -0.3 is 24.6 Å². The summed E-state index contributed by atoms with van der Waals surface area (Å²) in [6, 6.07) is 15.5. The molecule has 0 bridgehead atoms. The first-order chi connectivity index (χ1) is 18.0. The maximum absolute atomic E-state index is 11.7. The Bertz CT molecular complexity index is 1160. The summed E-state index contributed by atoms with van der Waals surface area (Å²) >= 11 is 0. The van der Waals surface area contributed by atoms with Gasteiger partial charge in [0.2, 0.25) is 0 Å².